The monoisotopic (exact) mass is 481 g/mol. The molecule has 2 N–H and O–H groups in total. The molecule has 7 nitrogen and oxygen atoms in total. The minimum Gasteiger partial charge on any atom is -0.497 e. The molecular formula is C29H27N3O4. The zero-order valence-electron chi connectivity index (χ0n) is 20.2. The first-order chi connectivity index (χ1) is 17.5. The number of ether oxygens (including phenoxy) is 2. The van der Waals surface area contributed by atoms with E-state index in [4.69, 9.17) is 9.47 Å². The average Bonchev–Trinajstić information content (AvgIpc) is 2.91. The van der Waals surface area contributed by atoms with Gasteiger partial charge in [0.05, 0.1) is 19.2 Å². The molecule has 0 aliphatic rings. The lowest BCUT2D eigenvalue weighted by molar-refractivity contribution is -0.123. The van der Waals surface area contributed by atoms with Crippen LogP contribution in [0.15, 0.2) is 96.1 Å². The molecule has 0 aliphatic carbocycles. The number of carbonyl (C=O) groups is 2. The van der Waals surface area contributed by atoms with Crippen molar-refractivity contribution in [2.24, 2.45) is 5.10 Å². The maximum Gasteiger partial charge on any atom is 0.277 e. The number of hydrazone groups is 1. The molecule has 2 amide bonds. The van der Waals surface area contributed by atoms with Crippen LogP contribution < -0.4 is 20.2 Å². The van der Waals surface area contributed by atoms with Gasteiger partial charge in [0, 0.05) is 5.69 Å². The molecule has 0 atom stereocenters. The van der Waals surface area contributed by atoms with Gasteiger partial charge in [0.15, 0.2) is 6.61 Å². The van der Waals surface area contributed by atoms with Crippen LogP contribution in [-0.4, -0.2) is 31.2 Å². The van der Waals surface area contributed by atoms with Crippen LogP contribution in [0.5, 0.6) is 11.5 Å². The number of benzene rings is 4. The van der Waals surface area contributed by atoms with Gasteiger partial charge in [0.1, 0.15) is 11.5 Å². The summed E-state index contributed by atoms with van der Waals surface area (Å²) in [5.41, 5.74) is 5.54. The molecule has 0 aliphatic heterocycles. The fraction of sp³-hybridized carbons (Fsp3) is 0.138. The summed E-state index contributed by atoms with van der Waals surface area (Å²) < 4.78 is 10.7. The third-order valence-corrected chi connectivity index (χ3v) is 5.55. The maximum absolute atomic E-state index is 12.3. The van der Waals surface area contributed by atoms with E-state index in [9.17, 15) is 9.59 Å². The first kappa shape index (κ1) is 24.5. The van der Waals surface area contributed by atoms with Crippen molar-refractivity contribution >= 4 is 34.0 Å². The van der Waals surface area contributed by atoms with Gasteiger partial charge in [-0.15, -0.1) is 0 Å². The van der Waals surface area contributed by atoms with Crippen LogP contribution in [-0.2, 0) is 16.0 Å². The average molecular weight is 482 g/mol. The molecule has 4 aromatic rings. The Balaban J connectivity index is 1.25. The molecule has 0 unspecified atom stereocenters. The van der Waals surface area contributed by atoms with Crippen molar-refractivity contribution in [3.63, 3.8) is 0 Å². The Bertz CT molecular complexity index is 1380. The van der Waals surface area contributed by atoms with Crippen molar-refractivity contribution in [1.82, 2.24) is 5.43 Å². The normalized spacial score (nSPS) is 11.1. The highest BCUT2D eigenvalue weighted by atomic mass is 16.5. The highest BCUT2D eigenvalue weighted by molar-refractivity contribution is 6.00. The predicted molar refractivity (Wildman–Crippen MR) is 142 cm³/mol. The molecule has 4 aromatic carbocycles. The fourth-order valence-electron chi connectivity index (χ4n) is 3.58. The number of amides is 2. The smallest absolute Gasteiger partial charge is 0.277 e. The van der Waals surface area contributed by atoms with Crippen LogP contribution in [0.4, 0.5) is 5.69 Å². The lowest BCUT2D eigenvalue weighted by Gasteiger charge is -2.08. The molecule has 0 saturated heterocycles. The van der Waals surface area contributed by atoms with E-state index in [2.05, 4.69) is 15.8 Å². The van der Waals surface area contributed by atoms with Gasteiger partial charge in [-0.3, -0.25) is 9.59 Å². The third kappa shape index (κ3) is 6.70. The molecule has 0 radical (unpaired) electrons. The van der Waals surface area contributed by atoms with Crippen LogP contribution in [0, 0.1) is 0 Å². The second-order valence-corrected chi connectivity index (χ2v) is 8.18. The van der Waals surface area contributed by atoms with Crippen molar-refractivity contribution in [2.75, 3.05) is 19.0 Å². The Morgan fingerprint density at radius 1 is 0.806 bits per heavy atom. The number of rotatable bonds is 9. The van der Waals surface area contributed by atoms with Gasteiger partial charge >= 0.3 is 0 Å². The van der Waals surface area contributed by atoms with Crippen LogP contribution in [0.3, 0.4) is 0 Å². The SMILES string of the molecule is COc1ccc(CC(=O)Nc2ccc(/C(C)=N\NC(=O)COc3ccc4ccccc4c3)cc2)cc1. The third-order valence-electron chi connectivity index (χ3n) is 5.55. The van der Waals surface area contributed by atoms with E-state index in [0.717, 1.165) is 27.6 Å². The largest absolute Gasteiger partial charge is 0.497 e. The van der Waals surface area contributed by atoms with E-state index < -0.39 is 0 Å². The minimum absolute atomic E-state index is 0.114. The van der Waals surface area contributed by atoms with Gasteiger partial charge < -0.3 is 14.8 Å². The molecule has 0 spiro atoms. The van der Waals surface area contributed by atoms with Crippen LogP contribution in [0.2, 0.25) is 0 Å². The quantitative estimate of drug-likeness (QED) is 0.262. The Morgan fingerprint density at radius 3 is 2.22 bits per heavy atom. The second kappa shape index (κ2) is 11.7. The zero-order valence-corrected chi connectivity index (χ0v) is 20.2. The molecule has 36 heavy (non-hydrogen) atoms. The maximum atomic E-state index is 12.3. The Kier molecular flexibility index (Phi) is 7.93. The number of hydrogen-bond acceptors (Lipinski definition) is 5. The lowest BCUT2D eigenvalue weighted by atomic mass is 10.1. The number of methoxy groups -OCH3 is 1. The zero-order chi connectivity index (χ0) is 25.3. The lowest BCUT2D eigenvalue weighted by Crippen LogP contribution is -2.25. The van der Waals surface area contributed by atoms with Crippen molar-refractivity contribution in [2.45, 2.75) is 13.3 Å². The first-order valence-electron chi connectivity index (χ1n) is 11.5. The number of anilines is 1. The van der Waals surface area contributed by atoms with Crippen molar-refractivity contribution < 1.29 is 19.1 Å². The molecule has 0 heterocycles. The van der Waals surface area contributed by atoms with Crippen molar-refractivity contribution in [3.8, 4) is 11.5 Å². The molecule has 4 rings (SSSR count). The van der Waals surface area contributed by atoms with Gasteiger partial charge in [0.25, 0.3) is 5.91 Å². The fourth-order valence-corrected chi connectivity index (χ4v) is 3.58. The molecular weight excluding hydrogens is 454 g/mol. The van der Waals surface area contributed by atoms with Crippen LogP contribution in [0.25, 0.3) is 10.8 Å². The van der Waals surface area contributed by atoms with Crippen molar-refractivity contribution in [3.05, 3.63) is 102 Å². The van der Waals surface area contributed by atoms with E-state index in [-0.39, 0.29) is 24.8 Å². The van der Waals surface area contributed by atoms with Crippen LogP contribution in [0.1, 0.15) is 18.1 Å². The van der Waals surface area contributed by atoms with Gasteiger partial charge in [-0.05, 0) is 65.2 Å². The summed E-state index contributed by atoms with van der Waals surface area (Å²) in [6, 6.07) is 28.3. The Hall–Kier alpha value is -4.65. The molecule has 7 heteroatoms. The van der Waals surface area contributed by atoms with E-state index in [0.29, 0.717) is 17.1 Å². The second-order valence-electron chi connectivity index (χ2n) is 8.18. The summed E-state index contributed by atoms with van der Waals surface area (Å²) in [5, 5.41) is 9.19. The summed E-state index contributed by atoms with van der Waals surface area (Å²) >= 11 is 0. The molecule has 0 saturated carbocycles. The molecule has 0 bridgehead atoms. The standard InChI is InChI=1S/C29H27N3O4/c1-20(31-32-29(34)19-36-27-16-11-23-5-3-4-6-24(23)18-27)22-9-12-25(13-10-22)30-28(33)17-21-7-14-26(35-2)15-8-21/h3-16,18H,17,19H2,1-2H3,(H,30,33)(H,32,34)/b31-20-. The summed E-state index contributed by atoms with van der Waals surface area (Å²) in [5.74, 6) is 0.900. The van der Waals surface area contributed by atoms with Crippen LogP contribution >= 0.6 is 0 Å². The predicted octanol–water partition coefficient (Wildman–Crippen LogP) is 4.95. The highest BCUT2D eigenvalue weighted by Crippen LogP contribution is 2.20. The Morgan fingerprint density at radius 2 is 1.50 bits per heavy atom. The van der Waals surface area contributed by atoms with Crippen molar-refractivity contribution in [1.29, 1.82) is 0 Å². The molecule has 182 valence electrons. The summed E-state index contributed by atoms with van der Waals surface area (Å²) in [6.45, 7) is 1.65. The number of nitrogens with zero attached hydrogens (tertiary/aromatic N) is 1. The Labute approximate surface area is 209 Å². The van der Waals surface area contributed by atoms with E-state index in [1.807, 2.05) is 78.9 Å². The van der Waals surface area contributed by atoms with Gasteiger partial charge in [0.2, 0.25) is 5.91 Å². The number of carbonyl (C=O) groups excluding carboxylic acids is 2. The topological polar surface area (TPSA) is 89.0 Å². The summed E-state index contributed by atoms with van der Waals surface area (Å²) in [6.07, 6.45) is 0.263. The number of nitrogens with one attached hydrogen (secondary N) is 2. The number of hydrogen-bond donors (Lipinski definition) is 2. The molecule has 0 aromatic heterocycles. The highest BCUT2D eigenvalue weighted by Gasteiger charge is 2.07. The minimum atomic E-state index is -0.357. The van der Waals surface area contributed by atoms with Gasteiger partial charge in [-0.2, -0.15) is 5.10 Å². The van der Waals surface area contributed by atoms with E-state index in [1.165, 1.54) is 0 Å². The van der Waals surface area contributed by atoms with E-state index >= 15 is 0 Å². The summed E-state index contributed by atoms with van der Waals surface area (Å²) in [7, 11) is 1.60. The van der Waals surface area contributed by atoms with Gasteiger partial charge in [-0.25, -0.2) is 5.43 Å². The summed E-state index contributed by atoms with van der Waals surface area (Å²) in [4.78, 5) is 24.5. The first-order valence-corrected chi connectivity index (χ1v) is 11.5. The number of fused-ring (bicyclic) bond motifs is 1. The molecule has 0 fully saturated rings. The van der Waals surface area contributed by atoms with Gasteiger partial charge in [-0.1, -0.05) is 54.6 Å². The van der Waals surface area contributed by atoms with E-state index in [1.54, 1.807) is 26.2 Å².